The van der Waals surface area contributed by atoms with Crippen LogP contribution in [0, 0.1) is 5.92 Å². The Morgan fingerprint density at radius 2 is 1.41 bits per heavy atom. The number of hydrogen-bond donors (Lipinski definition) is 4. The number of nitrogens with one attached hydrogen (secondary N) is 2. The first-order valence-corrected chi connectivity index (χ1v) is 12.6. The minimum Gasteiger partial charge on any atom is -0.480 e. The van der Waals surface area contributed by atoms with E-state index in [1.165, 1.54) is 4.90 Å². The highest BCUT2D eigenvalue weighted by Gasteiger charge is 2.38. The van der Waals surface area contributed by atoms with Gasteiger partial charge in [0.15, 0.2) is 0 Å². The van der Waals surface area contributed by atoms with Gasteiger partial charge in [0.1, 0.15) is 18.1 Å². The third-order valence-corrected chi connectivity index (χ3v) is 6.65. The van der Waals surface area contributed by atoms with Crippen LogP contribution in [-0.2, 0) is 32.0 Å². The van der Waals surface area contributed by atoms with Crippen LogP contribution in [0.3, 0.4) is 0 Å². The van der Waals surface area contributed by atoms with Crippen molar-refractivity contribution in [2.75, 3.05) is 6.54 Å². The van der Waals surface area contributed by atoms with E-state index >= 15 is 0 Å². The lowest BCUT2D eigenvalue weighted by Crippen LogP contribution is -2.58. The molecule has 198 valence electrons. The molecule has 2 aromatic carbocycles. The van der Waals surface area contributed by atoms with E-state index in [4.69, 9.17) is 5.73 Å². The summed E-state index contributed by atoms with van der Waals surface area (Å²) in [5.74, 6) is -2.63. The maximum atomic E-state index is 13.6. The van der Waals surface area contributed by atoms with Crippen LogP contribution in [0.25, 0.3) is 0 Å². The van der Waals surface area contributed by atoms with E-state index in [0.717, 1.165) is 11.1 Å². The summed E-state index contributed by atoms with van der Waals surface area (Å²) in [6.07, 6.45) is 1.34. The van der Waals surface area contributed by atoms with Gasteiger partial charge in [-0.25, -0.2) is 4.79 Å². The average Bonchev–Trinajstić information content (AvgIpc) is 3.38. The molecule has 3 rings (SSSR count). The fourth-order valence-electron chi connectivity index (χ4n) is 4.44. The monoisotopic (exact) mass is 508 g/mol. The van der Waals surface area contributed by atoms with Gasteiger partial charge in [-0.2, -0.15) is 0 Å². The molecule has 4 atom stereocenters. The van der Waals surface area contributed by atoms with Crippen molar-refractivity contribution in [2.24, 2.45) is 11.7 Å². The zero-order chi connectivity index (χ0) is 26.9. The van der Waals surface area contributed by atoms with Crippen molar-refractivity contribution in [1.82, 2.24) is 15.5 Å². The summed E-state index contributed by atoms with van der Waals surface area (Å²) in [6.45, 7) is 3.95. The van der Waals surface area contributed by atoms with E-state index in [9.17, 15) is 24.3 Å². The molecule has 2 aromatic rings. The molecule has 9 heteroatoms. The Balaban J connectivity index is 1.85. The van der Waals surface area contributed by atoms with Gasteiger partial charge in [0.25, 0.3) is 0 Å². The fourth-order valence-corrected chi connectivity index (χ4v) is 4.44. The van der Waals surface area contributed by atoms with Crippen molar-refractivity contribution >= 4 is 23.7 Å². The van der Waals surface area contributed by atoms with E-state index in [1.54, 1.807) is 0 Å². The number of aliphatic carboxylic acids is 1. The number of benzene rings is 2. The van der Waals surface area contributed by atoms with Gasteiger partial charge in [-0.3, -0.25) is 14.4 Å². The molecule has 0 aliphatic carbocycles. The zero-order valence-corrected chi connectivity index (χ0v) is 21.3. The number of nitrogens with zero attached hydrogens (tertiary/aromatic N) is 1. The Morgan fingerprint density at radius 1 is 0.892 bits per heavy atom. The second-order valence-corrected chi connectivity index (χ2v) is 9.80. The maximum absolute atomic E-state index is 13.6. The summed E-state index contributed by atoms with van der Waals surface area (Å²) >= 11 is 0. The van der Waals surface area contributed by atoms with Gasteiger partial charge in [0.05, 0.1) is 6.04 Å². The van der Waals surface area contributed by atoms with Crippen LogP contribution in [0.1, 0.15) is 37.8 Å². The summed E-state index contributed by atoms with van der Waals surface area (Å²) < 4.78 is 0. The van der Waals surface area contributed by atoms with Crippen LogP contribution in [0.15, 0.2) is 60.7 Å². The van der Waals surface area contributed by atoms with Gasteiger partial charge < -0.3 is 26.4 Å². The molecule has 1 aliphatic heterocycles. The summed E-state index contributed by atoms with van der Waals surface area (Å²) in [7, 11) is 0. The number of likely N-dealkylation sites (tertiary alicyclic amines) is 1. The lowest BCUT2D eigenvalue weighted by atomic mass is 10.0. The number of carbonyl (C=O) groups excluding carboxylic acids is 3. The van der Waals surface area contributed by atoms with E-state index in [0.29, 0.717) is 19.4 Å². The van der Waals surface area contributed by atoms with Crippen LogP contribution in [0.5, 0.6) is 0 Å². The summed E-state index contributed by atoms with van der Waals surface area (Å²) in [4.78, 5) is 52.9. The van der Waals surface area contributed by atoms with E-state index in [-0.39, 0.29) is 18.8 Å². The first-order valence-electron chi connectivity index (χ1n) is 12.6. The van der Waals surface area contributed by atoms with Crippen LogP contribution >= 0.6 is 0 Å². The van der Waals surface area contributed by atoms with Gasteiger partial charge in [-0.1, -0.05) is 74.5 Å². The Hall–Kier alpha value is -3.72. The predicted molar refractivity (Wildman–Crippen MR) is 139 cm³/mol. The van der Waals surface area contributed by atoms with Crippen molar-refractivity contribution in [3.63, 3.8) is 0 Å². The van der Waals surface area contributed by atoms with Gasteiger partial charge in [0.2, 0.25) is 17.7 Å². The van der Waals surface area contributed by atoms with Crippen molar-refractivity contribution in [3.05, 3.63) is 71.8 Å². The van der Waals surface area contributed by atoms with Gasteiger partial charge >= 0.3 is 5.97 Å². The maximum Gasteiger partial charge on any atom is 0.326 e. The zero-order valence-electron chi connectivity index (χ0n) is 21.3. The highest BCUT2D eigenvalue weighted by atomic mass is 16.4. The third-order valence-electron chi connectivity index (χ3n) is 6.65. The highest BCUT2D eigenvalue weighted by Crippen LogP contribution is 2.20. The molecule has 0 saturated carbocycles. The van der Waals surface area contributed by atoms with Gasteiger partial charge in [-0.15, -0.1) is 0 Å². The SMILES string of the molecule is CC(C)C(N)C(=O)NC(Cc1ccccc1)C(=O)NC(Cc1ccccc1)C(=O)N1CCCC1C(=O)O. The molecule has 4 unspecified atom stereocenters. The Labute approximate surface area is 217 Å². The van der Waals surface area contributed by atoms with Crippen molar-refractivity contribution < 1.29 is 24.3 Å². The number of carboxylic acid groups (broad SMARTS) is 1. The number of carbonyl (C=O) groups is 4. The molecule has 1 saturated heterocycles. The smallest absolute Gasteiger partial charge is 0.326 e. The van der Waals surface area contributed by atoms with Crippen LogP contribution in [0.2, 0.25) is 0 Å². The van der Waals surface area contributed by atoms with Crippen LogP contribution in [-0.4, -0.2) is 64.4 Å². The molecule has 0 bridgehead atoms. The Morgan fingerprint density at radius 3 is 1.92 bits per heavy atom. The summed E-state index contributed by atoms with van der Waals surface area (Å²) in [5.41, 5.74) is 7.67. The third kappa shape index (κ3) is 7.63. The quantitative estimate of drug-likeness (QED) is 0.362. The van der Waals surface area contributed by atoms with Gasteiger partial charge in [0, 0.05) is 19.4 Å². The first kappa shape index (κ1) is 27.9. The normalized spacial score (nSPS) is 17.6. The largest absolute Gasteiger partial charge is 0.480 e. The highest BCUT2D eigenvalue weighted by molar-refractivity contribution is 5.94. The molecule has 0 radical (unpaired) electrons. The topological polar surface area (TPSA) is 142 Å². The lowest BCUT2D eigenvalue weighted by Gasteiger charge is -2.29. The van der Waals surface area contributed by atoms with Crippen molar-refractivity contribution in [3.8, 4) is 0 Å². The standard InChI is InChI=1S/C28H36N4O5/c1-18(2)24(29)26(34)30-21(16-19-10-5-3-6-11-19)25(33)31-22(17-20-12-7-4-8-13-20)27(35)32-15-9-14-23(32)28(36)37/h3-8,10-13,18,21-24H,9,14-17,29H2,1-2H3,(H,30,34)(H,31,33)(H,36,37). The lowest BCUT2D eigenvalue weighted by molar-refractivity contribution is -0.149. The fraction of sp³-hybridized carbons (Fsp3) is 0.429. The Kier molecular flexibility index (Phi) is 9.79. The molecular weight excluding hydrogens is 472 g/mol. The molecule has 5 N–H and O–H groups in total. The van der Waals surface area contributed by atoms with Crippen molar-refractivity contribution in [1.29, 1.82) is 0 Å². The van der Waals surface area contributed by atoms with E-state index in [1.807, 2.05) is 74.5 Å². The van der Waals surface area contributed by atoms with Gasteiger partial charge in [-0.05, 0) is 29.9 Å². The predicted octanol–water partition coefficient (Wildman–Crippen LogP) is 1.50. The summed E-state index contributed by atoms with van der Waals surface area (Å²) in [5, 5.41) is 15.2. The number of nitrogens with two attached hydrogens (primary N) is 1. The number of amides is 3. The molecule has 0 spiro atoms. The number of rotatable bonds is 11. The average molecular weight is 509 g/mol. The molecule has 37 heavy (non-hydrogen) atoms. The van der Waals surface area contributed by atoms with Crippen LogP contribution in [0.4, 0.5) is 0 Å². The van der Waals surface area contributed by atoms with E-state index in [2.05, 4.69) is 10.6 Å². The van der Waals surface area contributed by atoms with Crippen LogP contribution < -0.4 is 16.4 Å². The first-order chi connectivity index (χ1) is 17.7. The minimum absolute atomic E-state index is 0.129. The molecule has 1 aliphatic rings. The second-order valence-electron chi connectivity index (χ2n) is 9.80. The summed E-state index contributed by atoms with van der Waals surface area (Å²) in [6, 6.07) is 14.8. The Bertz CT molecular complexity index is 1080. The molecule has 1 fully saturated rings. The minimum atomic E-state index is -1.06. The van der Waals surface area contributed by atoms with E-state index < -0.39 is 47.9 Å². The molecular formula is C28H36N4O5. The molecule has 3 amide bonds. The molecule has 9 nitrogen and oxygen atoms in total. The molecule has 0 aromatic heterocycles. The second kappa shape index (κ2) is 13.0. The van der Waals surface area contributed by atoms with Crippen molar-refractivity contribution in [2.45, 2.75) is 63.7 Å². The number of carboxylic acids is 1. The number of hydrogen-bond acceptors (Lipinski definition) is 5. The molecule has 1 heterocycles.